The summed E-state index contributed by atoms with van der Waals surface area (Å²) in [6.07, 6.45) is 16.4. The Morgan fingerprint density at radius 1 is 0.727 bits per heavy atom. The maximum atomic E-state index is 2.58. The van der Waals surface area contributed by atoms with Crippen LogP contribution in [0.15, 0.2) is 36.4 Å². The quantitative estimate of drug-likeness (QED) is 0.548. The van der Waals surface area contributed by atoms with E-state index >= 15 is 0 Å². The van der Waals surface area contributed by atoms with Gasteiger partial charge in [-0.1, -0.05) is 61.7 Å². The summed E-state index contributed by atoms with van der Waals surface area (Å²) in [6, 6.07) is 9.23. The maximum absolute atomic E-state index is 2.58. The molecule has 0 saturated heterocycles. The summed E-state index contributed by atoms with van der Waals surface area (Å²) in [7, 11) is 0. The zero-order valence-electron chi connectivity index (χ0n) is 14.4. The van der Waals surface area contributed by atoms with E-state index in [-0.39, 0.29) is 0 Å². The molecule has 0 heterocycles. The predicted octanol–water partition coefficient (Wildman–Crippen LogP) is 6.65. The standard InChI is InChI=1S/C22H32/c1-17-3-7-19(8-4-17)9-10-20-11-15-22(16-12-20)21-13-5-18(2)6-14-21/h5-6,9-10,13-14,17,19-20,22H,3-4,7-8,11-12,15-16H2,1-2H3. The molecule has 22 heavy (non-hydrogen) atoms. The molecule has 2 fully saturated rings. The lowest BCUT2D eigenvalue weighted by molar-refractivity contribution is 0.327. The molecule has 0 spiro atoms. The average molecular weight is 296 g/mol. The van der Waals surface area contributed by atoms with E-state index in [1.165, 1.54) is 56.9 Å². The fourth-order valence-corrected chi connectivity index (χ4v) is 4.28. The molecule has 0 aromatic heterocycles. The molecule has 0 N–H and O–H groups in total. The van der Waals surface area contributed by atoms with Gasteiger partial charge in [-0.3, -0.25) is 0 Å². The van der Waals surface area contributed by atoms with Crippen molar-refractivity contribution in [3.63, 3.8) is 0 Å². The van der Waals surface area contributed by atoms with Crippen LogP contribution in [0.25, 0.3) is 0 Å². The van der Waals surface area contributed by atoms with Gasteiger partial charge in [0, 0.05) is 0 Å². The summed E-state index contributed by atoms with van der Waals surface area (Å²) >= 11 is 0. The lowest BCUT2D eigenvalue weighted by atomic mass is 9.77. The van der Waals surface area contributed by atoms with E-state index < -0.39 is 0 Å². The third-order valence-corrected chi connectivity index (χ3v) is 6.04. The van der Waals surface area contributed by atoms with Crippen LogP contribution in [-0.2, 0) is 0 Å². The summed E-state index contributed by atoms with van der Waals surface area (Å²) in [5, 5.41) is 0. The SMILES string of the molecule is Cc1ccc(C2CCC(C=CC3CCC(C)CC3)CC2)cc1. The van der Waals surface area contributed by atoms with Crippen LogP contribution in [0.4, 0.5) is 0 Å². The first kappa shape index (κ1) is 15.8. The lowest BCUT2D eigenvalue weighted by Crippen LogP contribution is -2.13. The van der Waals surface area contributed by atoms with Crippen molar-refractivity contribution >= 4 is 0 Å². The van der Waals surface area contributed by atoms with Gasteiger partial charge in [-0.2, -0.15) is 0 Å². The van der Waals surface area contributed by atoms with E-state index in [9.17, 15) is 0 Å². The van der Waals surface area contributed by atoms with E-state index in [2.05, 4.69) is 50.3 Å². The Morgan fingerprint density at radius 2 is 1.23 bits per heavy atom. The zero-order chi connectivity index (χ0) is 15.4. The van der Waals surface area contributed by atoms with Crippen molar-refractivity contribution in [3.05, 3.63) is 47.5 Å². The molecule has 2 aliphatic carbocycles. The maximum Gasteiger partial charge on any atom is -0.0162 e. The van der Waals surface area contributed by atoms with E-state index in [0.717, 1.165) is 23.7 Å². The summed E-state index contributed by atoms with van der Waals surface area (Å²) in [6.45, 7) is 4.59. The fraction of sp³-hybridized carbons (Fsp3) is 0.636. The summed E-state index contributed by atoms with van der Waals surface area (Å²) in [5.41, 5.74) is 2.94. The predicted molar refractivity (Wildman–Crippen MR) is 96.1 cm³/mol. The molecule has 0 atom stereocenters. The molecule has 0 unspecified atom stereocenters. The van der Waals surface area contributed by atoms with Gasteiger partial charge in [-0.15, -0.1) is 0 Å². The molecule has 0 amide bonds. The molecule has 1 aromatic rings. The second-order valence-corrected chi connectivity index (χ2v) is 7.93. The topological polar surface area (TPSA) is 0 Å². The highest BCUT2D eigenvalue weighted by atomic mass is 14.3. The Bertz CT molecular complexity index is 465. The minimum Gasteiger partial charge on any atom is -0.0851 e. The van der Waals surface area contributed by atoms with Crippen molar-refractivity contribution in [2.45, 2.75) is 71.1 Å². The van der Waals surface area contributed by atoms with Crippen molar-refractivity contribution in [2.24, 2.45) is 17.8 Å². The third-order valence-electron chi connectivity index (χ3n) is 6.04. The van der Waals surface area contributed by atoms with Gasteiger partial charge in [0.25, 0.3) is 0 Å². The second-order valence-electron chi connectivity index (χ2n) is 7.93. The fourth-order valence-electron chi connectivity index (χ4n) is 4.28. The highest BCUT2D eigenvalue weighted by Gasteiger charge is 2.21. The molecular formula is C22H32. The van der Waals surface area contributed by atoms with Crippen molar-refractivity contribution in [1.82, 2.24) is 0 Å². The van der Waals surface area contributed by atoms with Gasteiger partial charge in [-0.05, 0) is 74.7 Å². The van der Waals surface area contributed by atoms with Crippen molar-refractivity contribution < 1.29 is 0 Å². The molecule has 0 aliphatic heterocycles. The van der Waals surface area contributed by atoms with Gasteiger partial charge in [0.15, 0.2) is 0 Å². The molecule has 0 radical (unpaired) electrons. The van der Waals surface area contributed by atoms with Gasteiger partial charge in [0.1, 0.15) is 0 Å². The number of aryl methyl sites for hydroxylation is 1. The largest absolute Gasteiger partial charge is 0.0851 e. The normalized spacial score (nSPS) is 33.2. The molecule has 1 aromatic carbocycles. The van der Waals surface area contributed by atoms with Gasteiger partial charge in [-0.25, -0.2) is 0 Å². The van der Waals surface area contributed by atoms with Crippen LogP contribution < -0.4 is 0 Å². The number of rotatable bonds is 3. The minimum atomic E-state index is 0.806. The average Bonchev–Trinajstić information content (AvgIpc) is 2.56. The van der Waals surface area contributed by atoms with Crippen molar-refractivity contribution in [2.75, 3.05) is 0 Å². The van der Waals surface area contributed by atoms with Gasteiger partial charge in [0.05, 0.1) is 0 Å². The molecule has 3 rings (SSSR count). The Kier molecular flexibility index (Phi) is 5.39. The Morgan fingerprint density at radius 3 is 1.77 bits per heavy atom. The van der Waals surface area contributed by atoms with E-state index in [4.69, 9.17) is 0 Å². The van der Waals surface area contributed by atoms with Crippen LogP contribution in [-0.4, -0.2) is 0 Å². The van der Waals surface area contributed by atoms with Crippen molar-refractivity contribution in [3.8, 4) is 0 Å². The summed E-state index contributed by atoms with van der Waals surface area (Å²) in [4.78, 5) is 0. The summed E-state index contributed by atoms with van der Waals surface area (Å²) < 4.78 is 0. The first-order valence-corrected chi connectivity index (χ1v) is 9.45. The number of hydrogen-bond donors (Lipinski definition) is 0. The van der Waals surface area contributed by atoms with E-state index in [0.29, 0.717) is 0 Å². The van der Waals surface area contributed by atoms with Crippen LogP contribution in [0, 0.1) is 24.7 Å². The monoisotopic (exact) mass is 296 g/mol. The lowest BCUT2D eigenvalue weighted by Gasteiger charge is -2.28. The van der Waals surface area contributed by atoms with Crippen LogP contribution in [0.1, 0.15) is 75.3 Å². The third kappa shape index (κ3) is 4.24. The number of allylic oxidation sites excluding steroid dienone is 2. The van der Waals surface area contributed by atoms with Crippen LogP contribution in [0.2, 0.25) is 0 Å². The van der Waals surface area contributed by atoms with Gasteiger partial charge in [0.2, 0.25) is 0 Å². The molecule has 0 nitrogen and oxygen atoms in total. The molecule has 0 bridgehead atoms. The first-order valence-electron chi connectivity index (χ1n) is 9.45. The highest BCUT2D eigenvalue weighted by molar-refractivity contribution is 5.25. The number of benzene rings is 1. The Labute approximate surface area is 137 Å². The van der Waals surface area contributed by atoms with E-state index in [1.807, 2.05) is 0 Å². The Hall–Kier alpha value is -1.04. The van der Waals surface area contributed by atoms with Crippen LogP contribution in [0.5, 0.6) is 0 Å². The van der Waals surface area contributed by atoms with Gasteiger partial charge >= 0.3 is 0 Å². The highest BCUT2D eigenvalue weighted by Crippen LogP contribution is 2.37. The van der Waals surface area contributed by atoms with Gasteiger partial charge < -0.3 is 0 Å². The molecule has 120 valence electrons. The van der Waals surface area contributed by atoms with E-state index in [1.54, 1.807) is 5.56 Å². The molecule has 0 heteroatoms. The number of hydrogen-bond acceptors (Lipinski definition) is 0. The van der Waals surface area contributed by atoms with Crippen LogP contribution in [0.3, 0.4) is 0 Å². The molecule has 2 saturated carbocycles. The first-order chi connectivity index (χ1) is 10.7. The van der Waals surface area contributed by atoms with Crippen LogP contribution >= 0.6 is 0 Å². The molecular weight excluding hydrogens is 264 g/mol. The second kappa shape index (κ2) is 7.49. The summed E-state index contributed by atoms with van der Waals surface area (Å²) in [5.74, 6) is 3.50. The zero-order valence-corrected chi connectivity index (χ0v) is 14.4. The smallest absolute Gasteiger partial charge is 0.0162 e. The van der Waals surface area contributed by atoms with Crippen molar-refractivity contribution in [1.29, 1.82) is 0 Å². The minimum absolute atomic E-state index is 0.806. The molecule has 2 aliphatic rings. The Balaban J connectivity index is 1.46.